The van der Waals surface area contributed by atoms with Gasteiger partial charge < -0.3 is 38.3 Å². The highest BCUT2D eigenvalue weighted by Crippen LogP contribution is 2.45. The van der Waals surface area contributed by atoms with Crippen molar-refractivity contribution in [2.24, 2.45) is 23.7 Å². The molecule has 1 unspecified atom stereocenters. The van der Waals surface area contributed by atoms with Crippen LogP contribution < -0.4 is 4.74 Å². The quantitative estimate of drug-likeness (QED) is 0.0870. The Balaban J connectivity index is 2.23. The van der Waals surface area contributed by atoms with Crippen molar-refractivity contribution < 1.29 is 38.3 Å². The summed E-state index contributed by atoms with van der Waals surface area (Å²) in [5, 5.41) is 24.2. The van der Waals surface area contributed by atoms with Gasteiger partial charge in [-0.05, 0) is 79.8 Å². The van der Waals surface area contributed by atoms with Crippen molar-refractivity contribution in [2.45, 2.75) is 149 Å². The summed E-state index contributed by atoms with van der Waals surface area (Å²) in [5.74, 6) is 4.81. The first-order valence-electron chi connectivity index (χ1n) is 17.9. The van der Waals surface area contributed by atoms with Crippen LogP contribution in [0.25, 0.3) is 0 Å². The summed E-state index contributed by atoms with van der Waals surface area (Å²) in [4.78, 5) is 0. The molecular formula is C39H68O8Si. The minimum absolute atomic E-state index is 0.0410. The van der Waals surface area contributed by atoms with Gasteiger partial charge in [0.2, 0.25) is 0 Å². The van der Waals surface area contributed by atoms with Gasteiger partial charge in [-0.15, -0.1) is 11.8 Å². The first-order chi connectivity index (χ1) is 22.4. The van der Waals surface area contributed by atoms with E-state index < -0.39 is 20.2 Å². The number of unbranched alkanes of at least 4 members (excludes halogenated alkanes) is 1. The van der Waals surface area contributed by atoms with Crippen LogP contribution in [0.1, 0.15) is 93.1 Å². The monoisotopic (exact) mass is 692 g/mol. The van der Waals surface area contributed by atoms with Gasteiger partial charge in [-0.1, -0.05) is 60.6 Å². The maximum absolute atomic E-state index is 12.2. The number of methoxy groups -OCH3 is 3. The zero-order valence-electron chi connectivity index (χ0n) is 32.3. The SMILES string of the molecule is CC#CCCC[C@H](O[Si](C)(C)C(C)(C)C)[C@H](C[C@H](C)C(O)[C@]1(O)O[C@H](C[C@H](COC)OCc2ccc(OC)cc2)[C@H](C)[C@H](C)[C@H]1C)OC. The van der Waals surface area contributed by atoms with E-state index in [1.165, 1.54) is 0 Å². The smallest absolute Gasteiger partial charge is 0.195 e. The number of hydrogen-bond donors (Lipinski definition) is 2. The van der Waals surface area contributed by atoms with Gasteiger partial charge in [0.25, 0.3) is 0 Å². The van der Waals surface area contributed by atoms with E-state index in [4.69, 9.17) is 28.1 Å². The van der Waals surface area contributed by atoms with Crippen LogP contribution in [0, 0.1) is 35.5 Å². The van der Waals surface area contributed by atoms with Gasteiger partial charge in [-0.2, -0.15) is 0 Å². The Kier molecular flexibility index (Phi) is 17.1. The third-order valence-electron chi connectivity index (χ3n) is 11.2. The third-order valence-corrected chi connectivity index (χ3v) is 15.7. The van der Waals surface area contributed by atoms with Crippen LogP contribution in [0.4, 0.5) is 0 Å². The summed E-state index contributed by atoms with van der Waals surface area (Å²) in [7, 11) is 2.91. The Hall–Kier alpha value is -1.48. The lowest BCUT2D eigenvalue weighted by molar-refractivity contribution is -0.352. The summed E-state index contributed by atoms with van der Waals surface area (Å²) < 4.78 is 36.7. The zero-order chi connectivity index (χ0) is 36.3. The van der Waals surface area contributed by atoms with Gasteiger partial charge in [0.15, 0.2) is 14.1 Å². The standard InChI is InChI=1S/C39H68O8Si/c1-14-15-16-17-18-34(47-48(12,13)38(6,7)8)36(44-11)23-27(2)37(40)39(41)30(5)28(3)29(4)35(46-39)24-33(26-42-9)45-25-31-19-21-32(43-10)22-20-31/h19-22,27-30,33-37,40-41H,16-18,23-26H2,1-13H3/t27-,28-,29+,30+,33+,34-,35+,36-,37?,39+/m0/s1. The molecular weight excluding hydrogens is 625 g/mol. The Bertz CT molecular complexity index is 1130. The summed E-state index contributed by atoms with van der Waals surface area (Å²) in [6.45, 7) is 22.1. The third kappa shape index (κ3) is 11.5. The first-order valence-corrected chi connectivity index (χ1v) is 20.8. The lowest BCUT2D eigenvalue weighted by Gasteiger charge is -2.52. The molecule has 0 bridgehead atoms. The van der Waals surface area contributed by atoms with Gasteiger partial charge in [0.1, 0.15) is 11.9 Å². The Morgan fingerprint density at radius 2 is 1.67 bits per heavy atom. The average molecular weight is 693 g/mol. The van der Waals surface area contributed by atoms with E-state index in [9.17, 15) is 10.2 Å². The highest BCUT2D eigenvalue weighted by molar-refractivity contribution is 6.74. The molecule has 48 heavy (non-hydrogen) atoms. The summed E-state index contributed by atoms with van der Waals surface area (Å²) >= 11 is 0. The van der Waals surface area contributed by atoms with Crippen molar-refractivity contribution in [3.8, 4) is 17.6 Å². The van der Waals surface area contributed by atoms with E-state index in [-0.39, 0.29) is 53.1 Å². The summed E-state index contributed by atoms with van der Waals surface area (Å²) in [6, 6.07) is 7.80. The fourth-order valence-corrected chi connectivity index (χ4v) is 7.87. The zero-order valence-corrected chi connectivity index (χ0v) is 33.3. The molecule has 0 radical (unpaired) electrons. The Labute approximate surface area is 293 Å². The molecule has 1 fully saturated rings. The van der Waals surface area contributed by atoms with Crippen molar-refractivity contribution in [3.63, 3.8) is 0 Å². The highest BCUT2D eigenvalue weighted by atomic mass is 28.4. The second-order valence-corrected chi connectivity index (χ2v) is 20.3. The van der Waals surface area contributed by atoms with Crippen molar-refractivity contribution in [2.75, 3.05) is 27.9 Å². The van der Waals surface area contributed by atoms with Crippen molar-refractivity contribution in [1.29, 1.82) is 0 Å². The van der Waals surface area contributed by atoms with E-state index in [0.717, 1.165) is 30.6 Å². The minimum Gasteiger partial charge on any atom is -0.497 e. The molecule has 1 aromatic rings. The molecule has 276 valence electrons. The molecule has 1 aliphatic rings. The number of benzene rings is 1. The average Bonchev–Trinajstić information content (AvgIpc) is 3.04. The molecule has 9 heteroatoms. The van der Waals surface area contributed by atoms with E-state index in [1.54, 1.807) is 21.3 Å². The van der Waals surface area contributed by atoms with Crippen molar-refractivity contribution in [3.05, 3.63) is 29.8 Å². The lowest BCUT2D eigenvalue weighted by Crippen LogP contribution is -2.62. The van der Waals surface area contributed by atoms with Crippen LogP contribution in [-0.4, -0.2) is 82.8 Å². The van der Waals surface area contributed by atoms with Crippen LogP contribution in [0.5, 0.6) is 5.75 Å². The van der Waals surface area contributed by atoms with E-state index in [1.807, 2.05) is 45.0 Å². The fourth-order valence-electron chi connectivity index (χ4n) is 6.49. The molecule has 0 saturated carbocycles. The first kappa shape index (κ1) is 42.7. The van der Waals surface area contributed by atoms with E-state index >= 15 is 0 Å². The van der Waals surface area contributed by atoms with Gasteiger partial charge in [0.05, 0.1) is 44.7 Å². The minimum atomic E-state index is -2.11. The topological polar surface area (TPSA) is 95.8 Å². The fraction of sp³-hybridized carbons (Fsp3) is 0.795. The normalized spacial score (nSPS) is 26.6. The Morgan fingerprint density at radius 3 is 2.21 bits per heavy atom. The lowest BCUT2D eigenvalue weighted by atomic mass is 9.70. The van der Waals surface area contributed by atoms with Gasteiger partial charge >= 0.3 is 0 Å². The maximum atomic E-state index is 12.2. The van der Waals surface area contributed by atoms with Crippen LogP contribution in [0.2, 0.25) is 18.1 Å². The highest BCUT2D eigenvalue weighted by Gasteiger charge is 2.54. The molecule has 0 amide bonds. The van der Waals surface area contributed by atoms with Crippen LogP contribution >= 0.6 is 0 Å². The second kappa shape index (κ2) is 19.2. The number of ether oxygens (including phenoxy) is 5. The molecule has 1 saturated heterocycles. The predicted octanol–water partition coefficient (Wildman–Crippen LogP) is 7.60. The molecule has 1 aromatic carbocycles. The van der Waals surface area contributed by atoms with Crippen molar-refractivity contribution >= 4 is 8.32 Å². The molecule has 10 atom stereocenters. The second-order valence-electron chi connectivity index (χ2n) is 15.6. The number of aliphatic hydroxyl groups is 2. The molecule has 1 aliphatic heterocycles. The number of rotatable bonds is 19. The largest absolute Gasteiger partial charge is 0.497 e. The van der Waals surface area contributed by atoms with Crippen LogP contribution in [-0.2, 0) is 30.0 Å². The van der Waals surface area contributed by atoms with E-state index in [0.29, 0.717) is 26.1 Å². The molecule has 2 rings (SSSR count). The molecule has 1 heterocycles. The van der Waals surface area contributed by atoms with Gasteiger partial charge in [0, 0.05) is 33.0 Å². The molecule has 8 nitrogen and oxygen atoms in total. The van der Waals surface area contributed by atoms with E-state index in [2.05, 4.69) is 59.6 Å². The molecule has 0 aromatic heterocycles. The van der Waals surface area contributed by atoms with Gasteiger partial charge in [-0.3, -0.25) is 0 Å². The predicted molar refractivity (Wildman–Crippen MR) is 195 cm³/mol. The number of aliphatic hydroxyl groups excluding tert-OH is 1. The number of hydrogen-bond acceptors (Lipinski definition) is 8. The summed E-state index contributed by atoms with van der Waals surface area (Å²) in [6.07, 6.45) is 1.42. The van der Waals surface area contributed by atoms with Crippen LogP contribution in [0.3, 0.4) is 0 Å². The molecule has 0 spiro atoms. The van der Waals surface area contributed by atoms with Gasteiger partial charge in [-0.25, -0.2) is 0 Å². The molecule has 2 N–H and O–H groups in total. The summed E-state index contributed by atoms with van der Waals surface area (Å²) in [5.41, 5.74) is 1.03. The Morgan fingerprint density at radius 1 is 1.02 bits per heavy atom. The van der Waals surface area contributed by atoms with Crippen molar-refractivity contribution in [1.82, 2.24) is 0 Å². The van der Waals surface area contributed by atoms with Crippen LogP contribution in [0.15, 0.2) is 24.3 Å². The molecule has 0 aliphatic carbocycles. The maximum Gasteiger partial charge on any atom is 0.195 e.